The molecule has 0 radical (unpaired) electrons. The van der Waals surface area contributed by atoms with E-state index in [1.165, 1.54) is 0 Å². The van der Waals surface area contributed by atoms with Crippen LogP contribution in [0.1, 0.15) is 0 Å². The normalized spacial score (nSPS) is 11.8. The quantitative estimate of drug-likeness (QED) is 0.179. The van der Waals surface area contributed by atoms with Gasteiger partial charge in [0.25, 0.3) is 0 Å². The van der Waals surface area contributed by atoms with Crippen molar-refractivity contribution in [2.24, 2.45) is 0 Å². The van der Waals surface area contributed by atoms with Crippen LogP contribution >= 0.6 is 11.3 Å². The molecule has 0 saturated carbocycles. The van der Waals surface area contributed by atoms with Crippen LogP contribution in [0.2, 0.25) is 0 Å². The van der Waals surface area contributed by atoms with E-state index in [4.69, 9.17) is 24.4 Å². The van der Waals surface area contributed by atoms with Gasteiger partial charge in [-0.05, 0) is 48.5 Å². The van der Waals surface area contributed by atoms with Crippen molar-refractivity contribution in [1.82, 2.24) is 24.5 Å². The molecule has 0 aliphatic heterocycles. The summed E-state index contributed by atoms with van der Waals surface area (Å²) in [6.07, 6.45) is 0. The van der Waals surface area contributed by atoms with Gasteiger partial charge in [-0.1, -0.05) is 115 Å². The van der Waals surface area contributed by atoms with E-state index in [0.717, 1.165) is 81.0 Å². The van der Waals surface area contributed by atoms with Gasteiger partial charge in [-0.15, -0.1) is 11.3 Å². The lowest BCUT2D eigenvalue weighted by Gasteiger charge is -2.11. The molecule has 11 aromatic rings. The minimum Gasteiger partial charge on any atom is -0.436 e. The molecule has 248 valence electrons. The van der Waals surface area contributed by atoms with Crippen LogP contribution < -0.4 is 0 Å². The van der Waals surface area contributed by atoms with Crippen LogP contribution in [0.15, 0.2) is 168 Å². The van der Waals surface area contributed by atoms with E-state index in [0.29, 0.717) is 23.4 Å². The highest BCUT2D eigenvalue weighted by Gasteiger charge is 2.22. The van der Waals surface area contributed by atoms with Crippen LogP contribution in [-0.4, -0.2) is 24.5 Å². The van der Waals surface area contributed by atoms with Crippen molar-refractivity contribution in [1.29, 1.82) is 0 Å². The Morgan fingerprint density at radius 2 is 1.08 bits per heavy atom. The maximum Gasteiger partial charge on any atom is 0.228 e. The average Bonchev–Trinajstić information content (AvgIpc) is 3.93. The van der Waals surface area contributed by atoms with Crippen LogP contribution in [0.25, 0.3) is 104 Å². The lowest BCUT2D eigenvalue weighted by Crippen LogP contribution is -2.01. The van der Waals surface area contributed by atoms with Gasteiger partial charge in [0.1, 0.15) is 5.52 Å². The molecule has 53 heavy (non-hydrogen) atoms. The number of para-hydroxylation sites is 4. The first-order chi connectivity index (χ1) is 26.3. The number of oxazole rings is 1. The number of aromatic nitrogens is 5. The Labute approximate surface area is 307 Å². The zero-order valence-electron chi connectivity index (χ0n) is 28.1. The Hall–Kier alpha value is -6.96. The molecule has 0 spiro atoms. The van der Waals surface area contributed by atoms with Gasteiger partial charge in [0.15, 0.2) is 23.1 Å². The van der Waals surface area contributed by atoms with Gasteiger partial charge in [-0.25, -0.2) is 19.9 Å². The summed E-state index contributed by atoms with van der Waals surface area (Å²) in [5, 5.41) is 4.45. The van der Waals surface area contributed by atoms with E-state index in [-0.39, 0.29) is 0 Å². The number of thiophene rings is 1. The molecule has 0 aliphatic carbocycles. The van der Waals surface area contributed by atoms with Crippen LogP contribution in [0.5, 0.6) is 0 Å². The number of nitrogens with zero attached hydrogens (tertiary/aromatic N) is 5. The first kappa shape index (κ1) is 29.7. The van der Waals surface area contributed by atoms with Crippen LogP contribution in [0.4, 0.5) is 0 Å². The Bertz CT molecular complexity index is 3150. The molecule has 0 N–H and O–H groups in total. The SMILES string of the molecule is c1ccc(-c2nc(-c3cccc4sc5c(-c6nc7ccccc7o6)cccc5c34)nc(-c3cccc4c3c3ccccc3n4-c3ccccc3)n2)cc1. The fourth-order valence-electron chi connectivity index (χ4n) is 7.58. The Kier molecular flexibility index (Phi) is 6.62. The van der Waals surface area contributed by atoms with Crippen molar-refractivity contribution in [3.63, 3.8) is 0 Å². The summed E-state index contributed by atoms with van der Waals surface area (Å²) in [6, 6.07) is 56.2. The molecule has 7 aromatic carbocycles. The fourth-order valence-corrected chi connectivity index (χ4v) is 8.82. The molecule has 0 bridgehead atoms. The highest BCUT2D eigenvalue weighted by molar-refractivity contribution is 7.26. The summed E-state index contributed by atoms with van der Waals surface area (Å²) in [6.45, 7) is 0. The molecule has 0 unspecified atom stereocenters. The standard InChI is InChI=1S/C46H27N5OS/c1-3-14-28(15-4-1)43-48-44(32-20-12-25-37-40(32)30-18-7-9-24-36(30)51(37)29-16-5-2-6-17-29)50-45(49-43)33-21-13-27-39-41(33)31-19-11-22-34(42(31)53-39)46-47-35-23-8-10-26-38(35)52-46/h1-27H. The van der Waals surface area contributed by atoms with Crippen molar-refractivity contribution in [2.45, 2.75) is 0 Å². The summed E-state index contributed by atoms with van der Waals surface area (Å²) in [5.41, 5.74) is 8.73. The van der Waals surface area contributed by atoms with E-state index >= 15 is 0 Å². The van der Waals surface area contributed by atoms with Crippen LogP contribution in [0, 0.1) is 0 Å². The molecule has 0 saturated heterocycles. The molecule has 4 heterocycles. The van der Waals surface area contributed by atoms with Gasteiger partial charge in [-0.2, -0.15) is 0 Å². The number of fused-ring (bicyclic) bond motifs is 7. The maximum atomic E-state index is 6.26. The first-order valence-corrected chi connectivity index (χ1v) is 18.3. The van der Waals surface area contributed by atoms with Gasteiger partial charge in [-0.3, -0.25) is 0 Å². The molecule has 6 nitrogen and oxygen atoms in total. The molecular formula is C46H27N5OS. The second-order valence-corrected chi connectivity index (χ2v) is 14.1. The van der Waals surface area contributed by atoms with Crippen molar-refractivity contribution < 1.29 is 4.42 Å². The minimum absolute atomic E-state index is 0.612. The van der Waals surface area contributed by atoms with Crippen molar-refractivity contribution in [2.75, 3.05) is 0 Å². The summed E-state index contributed by atoms with van der Waals surface area (Å²) >= 11 is 1.73. The smallest absolute Gasteiger partial charge is 0.228 e. The Morgan fingerprint density at radius 1 is 0.453 bits per heavy atom. The summed E-state index contributed by atoms with van der Waals surface area (Å²) in [5.74, 6) is 2.48. The third-order valence-electron chi connectivity index (χ3n) is 9.91. The molecule has 0 fully saturated rings. The summed E-state index contributed by atoms with van der Waals surface area (Å²) < 4.78 is 10.8. The van der Waals surface area contributed by atoms with E-state index in [1.807, 2.05) is 48.5 Å². The van der Waals surface area contributed by atoms with E-state index in [1.54, 1.807) is 11.3 Å². The highest BCUT2D eigenvalue weighted by atomic mass is 32.1. The van der Waals surface area contributed by atoms with Crippen LogP contribution in [-0.2, 0) is 0 Å². The third-order valence-corrected chi connectivity index (χ3v) is 11.1. The van der Waals surface area contributed by atoms with E-state index in [2.05, 4.69) is 120 Å². The zero-order valence-corrected chi connectivity index (χ0v) is 29.0. The number of hydrogen-bond acceptors (Lipinski definition) is 6. The molecular weight excluding hydrogens is 671 g/mol. The monoisotopic (exact) mass is 697 g/mol. The zero-order chi connectivity index (χ0) is 34.9. The fraction of sp³-hybridized carbons (Fsp3) is 0. The Morgan fingerprint density at radius 3 is 1.91 bits per heavy atom. The predicted octanol–water partition coefficient (Wildman–Crippen LogP) is 12.1. The van der Waals surface area contributed by atoms with Gasteiger partial charge in [0, 0.05) is 53.3 Å². The number of rotatable bonds is 5. The molecule has 7 heteroatoms. The average molecular weight is 698 g/mol. The van der Waals surface area contributed by atoms with Crippen molar-refractivity contribution in [3.8, 4) is 51.3 Å². The number of benzene rings is 7. The maximum absolute atomic E-state index is 6.26. The Balaban J connectivity index is 1.17. The van der Waals surface area contributed by atoms with Crippen molar-refractivity contribution in [3.05, 3.63) is 164 Å². The first-order valence-electron chi connectivity index (χ1n) is 17.5. The second-order valence-electron chi connectivity index (χ2n) is 13.0. The van der Waals surface area contributed by atoms with Gasteiger partial charge in [0.05, 0.1) is 16.6 Å². The predicted molar refractivity (Wildman–Crippen MR) is 216 cm³/mol. The van der Waals surface area contributed by atoms with Gasteiger partial charge >= 0.3 is 0 Å². The van der Waals surface area contributed by atoms with E-state index in [9.17, 15) is 0 Å². The summed E-state index contributed by atoms with van der Waals surface area (Å²) in [4.78, 5) is 20.6. The highest BCUT2D eigenvalue weighted by Crippen LogP contribution is 2.44. The number of hydrogen-bond donors (Lipinski definition) is 0. The topological polar surface area (TPSA) is 69.6 Å². The summed E-state index contributed by atoms with van der Waals surface area (Å²) in [7, 11) is 0. The molecule has 0 aliphatic rings. The van der Waals surface area contributed by atoms with Gasteiger partial charge in [0.2, 0.25) is 5.89 Å². The van der Waals surface area contributed by atoms with Crippen molar-refractivity contribution >= 4 is 64.4 Å². The molecule has 0 amide bonds. The third kappa shape index (κ3) is 4.71. The lowest BCUT2D eigenvalue weighted by molar-refractivity contribution is 0.621. The minimum atomic E-state index is 0.612. The van der Waals surface area contributed by atoms with E-state index < -0.39 is 0 Å². The van der Waals surface area contributed by atoms with Gasteiger partial charge < -0.3 is 8.98 Å². The molecule has 0 atom stereocenters. The molecule has 4 aromatic heterocycles. The lowest BCUT2D eigenvalue weighted by atomic mass is 10.0. The molecule has 11 rings (SSSR count). The van der Waals surface area contributed by atoms with Crippen LogP contribution in [0.3, 0.4) is 0 Å². The second kappa shape index (κ2) is 11.8. The largest absolute Gasteiger partial charge is 0.436 e.